The third-order valence-corrected chi connectivity index (χ3v) is 1.00. The Balaban J connectivity index is 0. The lowest BCUT2D eigenvalue weighted by atomic mass is 10.1. The van der Waals surface area contributed by atoms with Crippen molar-refractivity contribution in [3.63, 3.8) is 0 Å². The summed E-state index contributed by atoms with van der Waals surface area (Å²) in [6, 6.07) is -0.713. The summed E-state index contributed by atoms with van der Waals surface area (Å²) in [4.78, 5) is 18.3. The summed E-state index contributed by atoms with van der Waals surface area (Å²) in [6.07, 6.45) is 0. The van der Waals surface area contributed by atoms with Gasteiger partial charge in [-0.25, -0.2) is 0 Å². The van der Waals surface area contributed by atoms with Crippen LogP contribution in [0.1, 0.15) is 13.8 Å². The van der Waals surface area contributed by atoms with E-state index in [1.54, 1.807) is 13.8 Å². The zero-order valence-electron chi connectivity index (χ0n) is 6.76. The monoisotopic (exact) mass is 179 g/mol. The summed E-state index contributed by atoms with van der Waals surface area (Å²) in [7, 11) is 0. The van der Waals surface area contributed by atoms with Gasteiger partial charge in [0.25, 0.3) is 0 Å². The van der Waals surface area contributed by atoms with Crippen LogP contribution in [0.25, 0.3) is 0 Å². The van der Waals surface area contributed by atoms with Gasteiger partial charge in [0.15, 0.2) is 0 Å². The van der Waals surface area contributed by atoms with Gasteiger partial charge >= 0.3 is 5.97 Å². The molecule has 0 spiro atoms. The molecule has 0 aromatic rings. The second kappa shape index (κ2) is 6.35. The molecular weight excluding hydrogens is 168 g/mol. The molecule has 0 aliphatic heterocycles. The molecule has 0 unspecified atom stereocenters. The van der Waals surface area contributed by atoms with Crippen LogP contribution in [-0.4, -0.2) is 22.2 Å². The van der Waals surface area contributed by atoms with Crippen molar-refractivity contribution in [1.29, 1.82) is 0 Å². The van der Waals surface area contributed by atoms with Gasteiger partial charge in [0.1, 0.15) is 6.04 Å². The minimum Gasteiger partial charge on any atom is -0.480 e. The predicted octanol–water partition coefficient (Wildman–Crippen LogP) is -0.185. The maximum Gasteiger partial charge on any atom is 0.320 e. The molecular formula is C5H11N2O5-. The first-order valence-electron chi connectivity index (χ1n) is 3.09. The molecule has 0 heterocycles. The Morgan fingerprint density at radius 1 is 1.50 bits per heavy atom. The molecule has 12 heavy (non-hydrogen) atoms. The molecule has 0 saturated heterocycles. The van der Waals surface area contributed by atoms with Gasteiger partial charge in [0.2, 0.25) is 0 Å². The maximum absolute atomic E-state index is 10.0. The lowest BCUT2D eigenvalue weighted by Gasteiger charge is -2.07. The second-order valence-electron chi connectivity index (χ2n) is 2.33. The van der Waals surface area contributed by atoms with Crippen LogP contribution >= 0.6 is 0 Å². The van der Waals surface area contributed by atoms with Crippen molar-refractivity contribution in [2.24, 2.45) is 11.7 Å². The van der Waals surface area contributed by atoms with Crippen molar-refractivity contribution in [1.82, 2.24) is 0 Å². The molecule has 0 fully saturated rings. The molecule has 0 aliphatic carbocycles. The van der Waals surface area contributed by atoms with E-state index < -0.39 is 17.1 Å². The quantitative estimate of drug-likeness (QED) is 0.446. The van der Waals surface area contributed by atoms with E-state index in [1.807, 2.05) is 0 Å². The zero-order valence-corrected chi connectivity index (χ0v) is 6.76. The minimum absolute atomic E-state index is 0.0208. The summed E-state index contributed by atoms with van der Waals surface area (Å²) >= 11 is 0. The number of nitrogens with zero attached hydrogens (tertiary/aromatic N) is 1. The lowest BCUT2D eigenvalue weighted by Crippen LogP contribution is -2.34. The highest BCUT2D eigenvalue weighted by Gasteiger charge is 2.14. The number of rotatable bonds is 2. The Bertz CT molecular complexity index is 154. The smallest absolute Gasteiger partial charge is 0.320 e. The molecule has 1 atom stereocenters. The van der Waals surface area contributed by atoms with Crippen molar-refractivity contribution in [2.75, 3.05) is 0 Å². The summed E-state index contributed by atoms with van der Waals surface area (Å²) < 4.78 is 0. The van der Waals surface area contributed by atoms with Gasteiger partial charge in [-0.2, -0.15) is 0 Å². The van der Waals surface area contributed by atoms with Crippen LogP contribution in [0.5, 0.6) is 0 Å². The number of nitrogens with two attached hydrogens (primary N) is 1. The van der Waals surface area contributed by atoms with Crippen LogP contribution in [0.15, 0.2) is 0 Å². The molecule has 3 N–H and O–H groups in total. The van der Waals surface area contributed by atoms with Gasteiger partial charge in [-0.3, -0.25) is 4.79 Å². The summed E-state index contributed by atoms with van der Waals surface area (Å²) in [5, 5.41) is 23.0. The molecule has 0 aliphatic rings. The van der Waals surface area contributed by atoms with Gasteiger partial charge in [-0.15, -0.1) is 0 Å². The minimum atomic E-state index is -1.75. The third-order valence-electron chi connectivity index (χ3n) is 1.00. The average Bonchev–Trinajstić information content (AvgIpc) is 1.84. The predicted molar refractivity (Wildman–Crippen MR) is 40.8 cm³/mol. The number of aliphatic carboxylic acids is 1. The Morgan fingerprint density at radius 3 is 1.75 bits per heavy atom. The van der Waals surface area contributed by atoms with Crippen LogP contribution in [0.3, 0.4) is 0 Å². The first-order valence-corrected chi connectivity index (χ1v) is 3.09. The molecule has 7 heteroatoms. The zero-order chi connectivity index (χ0) is 10.3. The summed E-state index contributed by atoms with van der Waals surface area (Å²) in [6.45, 7) is 3.55. The molecule has 0 radical (unpaired) electrons. The standard InChI is InChI=1S/C5H11NO2.NO3/c1-3(2)4(6)5(7)8;2-1(3)4/h3-4H,6H2,1-2H3,(H,7,8);/q;-1/t4-;/m0./s1. The van der Waals surface area contributed by atoms with E-state index in [0.717, 1.165) is 0 Å². The SMILES string of the molecule is CC(C)[C@H](N)C(=O)O.O=[N+]([O-])[O-]. The first-order chi connectivity index (χ1) is 5.29. The highest BCUT2D eigenvalue weighted by molar-refractivity contribution is 5.73. The van der Waals surface area contributed by atoms with Gasteiger partial charge in [0, 0.05) is 0 Å². The fraction of sp³-hybridized carbons (Fsp3) is 0.800. The normalized spacial score (nSPS) is 11.3. The van der Waals surface area contributed by atoms with Crippen molar-refractivity contribution >= 4 is 5.97 Å². The fourth-order valence-electron chi connectivity index (χ4n) is 0.285. The van der Waals surface area contributed by atoms with Gasteiger partial charge in [0.05, 0.1) is 5.09 Å². The van der Waals surface area contributed by atoms with Crippen molar-refractivity contribution in [3.8, 4) is 0 Å². The van der Waals surface area contributed by atoms with Gasteiger partial charge in [-0.1, -0.05) is 13.8 Å². The molecule has 0 rings (SSSR count). The van der Waals surface area contributed by atoms with Crippen molar-refractivity contribution < 1.29 is 15.0 Å². The van der Waals surface area contributed by atoms with Crippen LogP contribution in [-0.2, 0) is 4.79 Å². The maximum atomic E-state index is 10.0. The van der Waals surface area contributed by atoms with E-state index in [1.165, 1.54) is 0 Å². The average molecular weight is 179 g/mol. The molecule has 72 valence electrons. The number of hydrogen-bond donors (Lipinski definition) is 2. The largest absolute Gasteiger partial charge is 0.480 e. The van der Waals surface area contributed by atoms with E-state index in [0.29, 0.717) is 0 Å². The Hall–Kier alpha value is -1.37. The Labute approximate surface area is 68.9 Å². The van der Waals surface area contributed by atoms with Crippen molar-refractivity contribution in [3.05, 3.63) is 15.3 Å². The highest BCUT2D eigenvalue weighted by Crippen LogP contribution is 1.96. The Kier molecular flexibility index (Phi) is 7.00. The van der Waals surface area contributed by atoms with E-state index >= 15 is 0 Å². The molecule has 7 nitrogen and oxygen atoms in total. The van der Waals surface area contributed by atoms with E-state index in [-0.39, 0.29) is 5.92 Å². The summed E-state index contributed by atoms with van der Waals surface area (Å²) in [5.41, 5.74) is 5.16. The topological polar surface area (TPSA) is 130 Å². The number of carbonyl (C=O) groups is 1. The van der Waals surface area contributed by atoms with Gasteiger partial charge in [-0.05, 0) is 5.92 Å². The third kappa shape index (κ3) is 11.4. The highest BCUT2D eigenvalue weighted by atomic mass is 16.9. The lowest BCUT2D eigenvalue weighted by molar-refractivity contribution is -0.402. The van der Waals surface area contributed by atoms with Crippen LogP contribution in [0.4, 0.5) is 0 Å². The number of carboxylic acids is 1. The van der Waals surface area contributed by atoms with Crippen LogP contribution < -0.4 is 5.73 Å². The van der Waals surface area contributed by atoms with E-state index in [2.05, 4.69) is 0 Å². The molecule has 0 aromatic heterocycles. The molecule has 0 saturated carbocycles. The first kappa shape index (κ1) is 13.2. The number of carboxylic acid groups (broad SMARTS) is 1. The van der Waals surface area contributed by atoms with Crippen LogP contribution in [0, 0.1) is 21.2 Å². The number of hydrogen-bond acceptors (Lipinski definition) is 5. The Morgan fingerprint density at radius 2 is 1.75 bits per heavy atom. The molecule has 0 bridgehead atoms. The van der Waals surface area contributed by atoms with Crippen LogP contribution in [0.2, 0.25) is 0 Å². The fourth-order valence-corrected chi connectivity index (χ4v) is 0.285. The molecule has 0 aromatic carbocycles. The van der Waals surface area contributed by atoms with Gasteiger partial charge < -0.3 is 26.2 Å². The van der Waals surface area contributed by atoms with Crippen molar-refractivity contribution in [2.45, 2.75) is 19.9 Å². The van der Waals surface area contributed by atoms with E-state index in [4.69, 9.17) is 26.2 Å². The summed E-state index contributed by atoms with van der Waals surface area (Å²) in [5.74, 6) is -0.910. The molecule has 0 amide bonds. The second-order valence-corrected chi connectivity index (χ2v) is 2.33. The van der Waals surface area contributed by atoms with E-state index in [9.17, 15) is 4.79 Å².